The molecule has 0 bridgehead atoms. The van der Waals surface area contributed by atoms with E-state index in [0.717, 1.165) is 10.2 Å². The molecule has 0 aromatic heterocycles. The molecule has 0 aliphatic heterocycles. The fraction of sp³-hybridized carbons (Fsp3) is 0. The highest BCUT2D eigenvalue weighted by atomic mass is 79.9. The Morgan fingerprint density at radius 3 is 1.96 bits per heavy atom. The predicted molar refractivity (Wildman–Crippen MR) is 104 cm³/mol. The summed E-state index contributed by atoms with van der Waals surface area (Å²) >= 11 is 3.30. The Morgan fingerprint density at radius 1 is 0.800 bits per heavy atom. The van der Waals surface area contributed by atoms with Crippen LogP contribution in [-0.2, 0) is 10.0 Å². The molecule has 3 aromatic carbocycles. The first-order valence-electron chi connectivity index (χ1n) is 7.53. The van der Waals surface area contributed by atoms with Crippen molar-refractivity contribution in [1.29, 1.82) is 0 Å². The largest absolute Gasteiger partial charge is 0.339 e. The molecular weight excluding hydrogens is 400 g/mol. The van der Waals surface area contributed by atoms with Crippen LogP contribution in [0.4, 0.5) is 5.69 Å². The maximum atomic E-state index is 12.7. The summed E-state index contributed by atoms with van der Waals surface area (Å²) in [6.07, 6.45) is 0. The van der Waals surface area contributed by atoms with Gasteiger partial charge >= 0.3 is 0 Å². The van der Waals surface area contributed by atoms with E-state index in [2.05, 4.69) is 25.6 Å². The highest BCUT2D eigenvalue weighted by molar-refractivity contribution is 9.10. The van der Waals surface area contributed by atoms with Gasteiger partial charge in [-0.05, 0) is 36.4 Å². The highest BCUT2D eigenvalue weighted by Gasteiger charge is 2.15. The van der Waals surface area contributed by atoms with E-state index in [1.807, 2.05) is 60.7 Å². The van der Waals surface area contributed by atoms with Gasteiger partial charge in [-0.15, -0.1) is 4.40 Å². The molecule has 3 rings (SSSR count). The molecule has 0 saturated carbocycles. The number of hydrogen-bond donors (Lipinski definition) is 1. The predicted octanol–water partition coefficient (Wildman–Crippen LogP) is 4.70. The minimum atomic E-state index is -3.84. The number of para-hydroxylation sites is 1. The summed E-state index contributed by atoms with van der Waals surface area (Å²) in [4.78, 5) is 0.138. The lowest BCUT2D eigenvalue weighted by Gasteiger charge is -2.10. The number of rotatable bonds is 4. The van der Waals surface area contributed by atoms with Crippen LogP contribution in [0.1, 0.15) is 5.56 Å². The van der Waals surface area contributed by atoms with Crippen LogP contribution in [0.3, 0.4) is 0 Å². The summed E-state index contributed by atoms with van der Waals surface area (Å²) in [6.45, 7) is 0. The van der Waals surface area contributed by atoms with Crippen LogP contribution >= 0.6 is 15.9 Å². The van der Waals surface area contributed by atoms with Crippen LogP contribution in [0.15, 0.2) is 98.7 Å². The van der Waals surface area contributed by atoms with Crippen LogP contribution in [0.5, 0.6) is 0 Å². The zero-order valence-corrected chi connectivity index (χ0v) is 15.5. The second-order valence-electron chi connectivity index (χ2n) is 5.23. The van der Waals surface area contributed by atoms with Gasteiger partial charge in [0.05, 0.1) is 4.90 Å². The van der Waals surface area contributed by atoms with Crippen LogP contribution in [0.25, 0.3) is 0 Å². The van der Waals surface area contributed by atoms with Gasteiger partial charge in [-0.2, -0.15) is 8.42 Å². The lowest BCUT2D eigenvalue weighted by molar-refractivity contribution is 0.598. The van der Waals surface area contributed by atoms with E-state index in [0.29, 0.717) is 5.56 Å². The Morgan fingerprint density at radius 2 is 1.36 bits per heavy atom. The number of nitrogens with zero attached hydrogens (tertiary/aromatic N) is 1. The minimum Gasteiger partial charge on any atom is -0.339 e. The van der Waals surface area contributed by atoms with E-state index in [1.54, 1.807) is 12.1 Å². The molecule has 0 atom stereocenters. The Bertz CT molecular complexity index is 971. The Labute approximate surface area is 155 Å². The molecule has 126 valence electrons. The van der Waals surface area contributed by atoms with Crippen molar-refractivity contribution in [2.75, 3.05) is 5.32 Å². The van der Waals surface area contributed by atoms with E-state index >= 15 is 0 Å². The smallest absolute Gasteiger partial charge is 0.284 e. The molecular formula is C19H15BrN2O2S. The summed E-state index contributed by atoms with van der Waals surface area (Å²) in [5.41, 5.74) is 1.45. The molecule has 0 radical (unpaired) electrons. The Hall–Kier alpha value is -2.44. The molecule has 0 fully saturated rings. The maximum absolute atomic E-state index is 12.7. The van der Waals surface area contributed by atoms with Gasteiger partial charge in [-0.1, -0.05) is 64.5 Å². The summed E-state index contributed by atoms with van der Waals surface area (Å²) < 4.78 is 30.2. The normalized spacial score (nSPS) is 12.0. The molecule has 1 N–H and O–H groups in total. The Balaban J connectivity index is 2.04. The third-order valence-corrected chi connectivity index (χ3v) is 5.23. The molecule has 0 unspecified atom stereocenters. The van der Waals surface area contributed by atoms with Crippen molar-refractivity contribution in [3.63, 3.8) is 0 Å². The number of amidine groups is 1. The fourth-order valence-electron chi connectivity index (χ4n) is 2.18. The van der Waals surface area contributed by atoms with Crippen molar-refractivity contribution in [2.24, 2.45) is 4.40 Å². The van der Waals surface area contributed by atoms with Crippen LogP contribution < -0.4 is 5.32 Å². The van der Waals surface area contributed by atoms with Crippen molar-refractivity contribution in [2.45, 2.75) is 4.90 Å². The lowest BCUT2D eigenvalue weighted by atomic mass is 10.2. The molecule has 25 heavy (non-hydrogen) atoms. The first-order chi connectivity index (χ1) is 12.0. The van der Waals surface area contributed by atoms with Crippen molar-refractivity contribution in [1.82, 2.24) is 0 Å². The zero-order chi connectivity index (χ0) is 17.7. The lowest BCUT2D eigenvalue weighted by Crippen LogP contribution is -2.16. The van der Waals surface area contributed by atoms with Gasteiger partial charge in [-0.3, -0.25) is 0 Å². The van der Waals surface area contributed by atoms with E-state index in [1.165, 1.54) is 12.1 Å². The van der Waals surface area contributed by atoms with E-state index in [9.17, 15) is 8.42 Å². The Kier molecular flexibility index (Phi) is 5.31. The average Bonchev–Trinajstić information content (AvgIpc) is 2.63. The third-order valence-electron chi connectivity index (χ3n) is 3.41. The average molecular weight is 415 g/mol. The fourth-order valence-corrected chi connectivity index (χ4v) is 3.42. The van der Waals surface area contributed by atoms with Gasteiger partial charge in [0.2, 0.25) is 0 Å². The topological polar surface area (TPSA) is 58.5 Å². The molecule has 3 aromatic rings. The van der Waals surface area contributed by atoms with Crippen molar-refractivity contribution in [3.05, 3.63) is 95.0 Å². The number of benzene rings is 3. The maximum Gasteiger partial charge on any atom is 0.284 e. The van der Waals surface area contributed by atoms with Gasteiger partial charge in [0.15, 0.2) is 5.84 Å². The first kappa shape index (κ1) is 17.4. The highest BCUT2D eigenvalue weighted by Crippen LogP contribution is 2.18. The first-order valence-corrected chi connectivity index (χ1v) is 9.76. The molecule has 0 aliphatic rings. The standard InChI is InChI=1S/C19H15BrN2O2S/c20-16-11-13-18(14-12-16)25(23,24)22-19(15-7-3-1-4-8-15)21-17-9-5-2-6-10-17/h1-14H,(H,21,22). The number of sulfonamides is 1. The van der Waals surface area contributed by atoms with E-state index in [-0.39, 0.29) is 10.7 Å². The molecule has 0 aliphatic carbocycles. The molecule has 0 spiro atoms. The number of hydrogen-bond acceptors (Lipinski definition) is 2. The van der Waals surface area contributed by atoms with Gasteiger partial charge in [0.1, 0.15) is 0 Å². The van der Waals surface area contributed by atoms with E-state index in [4.69, 9.17) is 0 Å². The van der Waals surface area contributed by atoms with Crippen LogP contribution in [0, 0.1) is 0 Å². The molecule has 0 amide bonds. The molecule has 0 heterocycles. The summed E-state index contributed by atoms with van der Waals surface area (Å²) in [5.74, 6) is 0.273. The molecule has 4 nitrogen and oxygen atoms in total. The van der Waals surface area contributed by atoms with Crippen molar-refractivity contribution >= 4 is 37.5 Å². The number of nitrogens with one attached hydrogen (secondary N) is 1. The summed E-state index contributed by atoms with van der Waals surface area (Å²) in [7, 11) is -3.84. The van der Waals surface area contributed by atoms with Gasteiger partial charge in [0.25, 0.3) is 10.0 Å². The van der Waals surface area contributed by atoms with Crippen LogP contribution in [0.2, 0.25) is 0 Å². The van der Waals surface area contributed by atoms with Gasteiger partial charge in [-0.25, -0.2) is 0 Å². The van der Waals surface area contributed by atoms with Crippen LogP contribution in [-0.4, -0.2) is 14.3 Å². The summed E-state index contributed by atoms with van der Waals surface area (Å²) in [6, 6.07) is 24.9. The molecule has 6 heteroatoms. The monoisotopic (exact) mass is 414 g/mol. The minimum absolute atomic E-state index is 0.138. The second-order valence-corrected chi connectivity index (χ2v) is 7.75. The van der Waals surface area contributed by atoms with Gasteiger partial charge < -0.3 is 5.32 Å². The van der Waals surface area contributed by atoms with E-state index < -0.39 is 10.0 Å². The zero-order valence-electron chi connectivity index (χ0n) is 13.1. The van der Waals surface area contributed by atoms with Crippen molar-refractivity contribution in [3.8, 4) is 0 Å². The SMILES string of the molecule is O=S(=O)(/N=C(\Nc1ccccc1)c1ccccc1)c1ccc(Br)cc1. The van der Waals surface area contributed by atoms with Crippen molar-refractivity contribution < 1.29 is 8.42 Å². The number of halogens is 1. The quantitative estimate of drug-likeness (QED) is 0.497. The third kappa shape index (κ3) is 4.55. The second kappa shape index (κ2) is 7.63. The molecule has 0 saturated heterocycles. The number of anilines is 1. The summed E-state index contributed by atoms with van der Waals surface area (Å²) in [5, 5.41) is 3.09. The van der Waals surface area contributed by atoms with Gasteiger partial charge in [0, 0.05) is 15.7 Å².